The van der Waals surface area contributed by atoms with Crippen LogP contribution in [-0.4, -0.2) is 42.5 Å². The maximum absolute atomic E-state index is 12.4. The summed E-state index contributed by atoms with van der Waals surface area (Å²) in [5.74, 6) is 0.788. The van der Waals surface area contributed by atoms with Gasteiger partial charge in [0.2, 0.25) is 11.8 Å². The molecule has 0 amide bonds. The Morgan fingerprint density at radius 3 is 2.71 bits per heavy atom. The summed E-state index contributed by atoms with van der Waals surface area (Å²) in [6.45, 7) is 1.56. The minimum absolute atomic E-state index is 0.211. The molecule has 1 aromatic rings. The summed E-state index contributed by atoms with van der Waals surface area (Å²) >= 11 is 5.57. The number of nitrogens with zero attached hydrogens (tertiary/aromatic N) is 3. The van der Waals surface area contributed by atoms with E-state index in [1.54, 1.807) is 13.0 Å². The number of methoxy groups -OCH3 is 1. The number of hydrogen-bond donors (Lipinski definition) is 0. The van der Waals surface area contributed by atoms with Crippen molar-refractivity contribution in [1.29, 1.82) is 0 Å². The van der Waals surface area contributed by atoms with Crippen LogP contribution in [0.5, 0.6) is 5.88 Å². The molecule has 7 heteroatoms. The van der Waals surface area contributed by atoms with Gasteiger partial charge in [-0.2, -0.15) is 4.98 Å². The van der Waals surface area contributed by atoms with Crippen molar-refractivity contribution in [3.8, 4) is 5.88 Å². The minimum Gasteiger partial charge on any atom is -0.481 e. The number of anilines is 1. The van der Waals surface area contributed by atoms with Crippen LogP contribution in [0.4, 0.5) is 14.7 Å². The normalized spacial score (nSPS) is 10.7. The van der Waals surface area contributed by atoms with Gasteiger partial charge in [-0.15, -0.1) is 11.6 Å². The first kappa shape index (κ1) is 13.9. The molecule has 0 aliphatic carbocycles. The maximum atomic E-state index is 12.4. The van der Waals surface area contributed by atoms with Crippen molar-refractivity contribution < 1.29 is 13.5 Å². The predicted molar refractivity (Wildman–Crippen MR) is 62.3 cm³/mol. The third-order valence-electron chi connectivity index (χ3n) is 2.02. The summed E-state index contributed by atoms with van der Waals surface area (Å²) in [5.41, 5.74) is 0.653. The van der Waals surface area contributed by atoms with E-state index in [-0.39, 0.29) is 18.4 Å². The SMILES string of the molecule is COc1cc(C)nc(N(CCCl)CC(F)F)n1. The maximum Gasteiger partial charge on any atom is 0.255 e. The largest absolute Gasteiger partial charge is 0.481 e. The lowest BCUT2D eigenvalue weighted by Crippen LogP contribution is -2.32. The monoisotopic (exact) mass is 265 g/mol. The van der Waals surface area contributed by atoms with E-state index in [0.29, 0.717) is 11.6 Å². The van der Waals surface area contributed by atoms with Crippen molar-refractivity contribution >= 4 is 17.5 Å². The summed E-state index contributed by atoms with van der Waals surface area (Å²) in [7, 11) is 1.46. The van der Waals surface area contributed by atoms with Gasteiger partial charge in [0.15, 0.2) is 0 Å². The smallest absolute Gasteiger partial charge is 0.255 e. The minimum atomic E-state index is -2.46. The molecule has 0 aliphatic heterocycles. The molecule has 1 heterocycles. The van der Waals surface area contributed by atoms with Crippen molar-refractivity contribution in [3.05, 3.63) is 11.8 Å². The zero-order chi connectivity index (χ0) is 12.8. The first-order chi connectivity index (χ1) is 8.06. The molecular weight excluding hydrogens is 252 g/mol. The molecular formula is C10H14ClF2N3O. The van der Waals surface area contributed by atoms with Crippen molar-refractivity contribution in [3.63, 3.8) is 0 Å². The van der Waals surface area contributed by atoms with E-state index in [9.17, 15) is 8.78 Å². The Bertz CT molecular complexity index is 365. The fourth-order valence-corrected chi connectivity index (χ4v) is 1.52. The number of aromatic nitrogens is 2. The van der Waals surface area contributed by atoms with Gasteiger partial charge in [0, 0.05) is 24.2 Å². The highest BCUT2D eigenvalue weighted by molar-refractivity contribution is 6.18. The Morgan fingerprint density at radius 2 is 2.18 bits per heavy atom. The van der Waals surface area contributed by atoms with Gasteiger partial charge >= 0.3 is 0 Å². The van der Waals surface area contributed by atoms with Gasteiger partial charge in [-0.1, -0.05) is 0 Å². The van der Waals surface area contributed by atoms with Crippen LogP contribution in [0.3, 0.4) is 0 Å². The van der Waals surface area contributed by atoms with E-state index in [4.69, 9.17) is 16.3 Å². The van der Waals surface area contributed by atoms with E-state index in [0.717, 1.165) is 0 Å². The van der Waals surface area contributed by atoms with Crippen LogP contribution in [0.1, 0.15) is 5.69 Å². The lowest BCUT2D eigenvalue weighted by Gasteiger charge is -2.21. The molecule has 0 atom stereocenters. The molecule has 0 radical (unpaired) electrons. The van der Waals surface area contributed by atoms with Crippen LogP contribution in [0.15, 0.2) is 6.07 Å². The summed E-state index contributed by atoms with van der Waals surface area (Å²) in [6.07, 6.45) is -2.46. The molecule has 0 N–H and O–H groups in total. The first-order valence-corrected chi connectivity index (χ1v) is 5.59. The fourth-order valence-electron chi connectivity index (χ4n) is 1.31. The molecule has 0 unspecified atom stereocenters. The number of halogens is 3. The van der Waals surface area contributed by atoms with Gasteiger partial charge in [0.05, 0.1) is 13.7 Å². The van der Waals surface area contributed by atoms with Crippen LogP contribution in [0.2, 0.25) is 0 Å². The highest BCUT2D eigenvalue weighted by Gasteiger charge is 2.16. The van der Waals surface area contributed by atoms with Crippen molar-refractivity contribution in [2.75, 3.05) is 31.0 Å². The molecule has 1 aromatic heterocycles. The highest BCUT2D eigenvalue weighted by Crippen LogP contribution is 2.16. The van der Waals surface area contributed by atoms with E-state index in [1.165, 1.54) is 12.0 Å². The lowest BCUT2D eigenvalue weighted by atomic mass is 10.4. The molecule has 1 rings (SSSR count). The first-order valence-electron chi connectivity index (χ1n) is 5.05. The van der Waals surface area contributed by atoms with Crippen molar-refractivity contribution in [2.45, 2.75) is 13.3 Å². The van der Waals surface area contributed by atoms with Crippen molar-refractivity contribution in [2.24, 2.45) is 0 Å². The van der Waals surface area contributed by atoms with Gasteiger partial charge in [-0.25, -0.2) is 13.8 Å². The molecule has 0 fully saturated rings. The number of ether oxygens (including phenoxy) is 1. The Kier molecular flexibility index (Phi) is 5.34. The van der Waals surface area contributed by atoms with Crippen molar-refractivity contribution in [1.82, 2.24) is 9.97 Å². The average molecular weight is 266 g/mol. The van der Waals surface area contributed by atoms with Gasteiger partial charge in [0.1, 0.15) is 0 Å². The number of rotatable bonds is 6. The van der Waals surface area contributed by atoms with Gasteiger partial charge in [0.25, 0.3) is 6.43 Å². The van der Waals surface area contributed by atoms with Crippen LogP contribution < -0.4 is 9.64 Å². The van der Waals surface area contributed by atoms with Crippen LogP contribution in [0.25, 0.3) is 0 Å². The quantitative estimate of drug-likeness (QED) is 0.739. The second-order valence-corrected chi connectivity index (χ2v) is 3.76. The van der Waals surface area contributed by atoms with E-state index >= 15 is 0 Å². The molecule has 96 valence electrons. The standard InChI is InChI=1S/C10H14ClF2N3O/c1-7-5-9(17-2)15-10(14-7)16(4-3-11)6-8(12)13/h5,8H,3-4,6H2,1-2H3. The Balaban J connectivity index is 2.95. The third kappa shape index (κ3) is 4.30. The number of alkyl halides is 3. The second-order valence-electron chi connectivity index (χ2n) is 3.38. The average Bonchev–Trinajstić information content (AvgIpc) is 2.27. The topological polar surface area (TPSA) is 38.2 Å². The van der Waals surface area contributed by atoms with Crippen LogP contribution >= 0.6 is 11.6 Å². The Hall–Kier alpha value is -1.17. The summed E-state index contributed by atoms with van der Waals surface area (Å²) in [4.78, 5) is 9.46. The number of hydrogen-bond acceptors (Lipinski definition) is 4. The summed E-state index contributed by atoms with van der Waals surface area (Å²) in [5, 5.41) is 0. The summed E-state index contributed by atoms with van der Waals surface area (Å²) < 4.78 is 29.8. The Morgan fingerprint density at radius 1 is 1.47 bits per heavy atom. The third-order valence-corrected chi connectivity index (χ3v) is 2.19. The molecule has 0 bridgehead atoms. The zero-order valence-electron chi connectivity index (χ0n) is 9.66. The van der Waals surface area contributed by atoms with Crippen LogP contribution in [0, 0.1) is 6.92 Å². The fraction of sp³-hybridized carbons (Fsp3) is 0.600. The van der Waals surface area contributed by atoms with E-state index < -0.39 is 13.0 Å². The van der Waals surface area contributed by atoms with Gasteiger partial charge in [-0.05, 0) is 6.92 Å². The van der Waals surface area contributed by atoms with Gasteiger partial charge < -0.3 is 9.64 Å². The lowest BCUT2D eigenvalue weighted by molar-refractivity contribution is 0.154. The van der Waals surface area contributed by atoms with Gasteiger partial charge in [-0.3, -0.25) is 0 Å². The molecule has 17 heavy (non-hydrogen) atoms. The second kappa shape index (κ2) is 6.54. The molecule has 4 nitrogen and oxygen atoms in total. The number of aryl methyl sites for hydroxylation is 1. The van der Waals surface area contributed by atoms with E-state index in [1.807, 2.05) is 0 Å². The highest BCUT2D eigenvalue weighted by atomic mass is 35.5. The molecule has 0 aliphatic rings. The van der Waals surface area contributed by atoms with E-state index in [2.05, 4.69) is 9.97 Å². The summed E-state index contributed by atoms with van der Waals surface area (Å²) in [6, 6.07) is 1.63. The van der Waals surface area contributed by atoms with Crippen LogP contribution in [-0.2, 0) is 0 Å². The molecule has 0 aromatic carbocycles. The molecule has 0 spiro atoms. The Labute approximate surface area is 104 Å². The molecule has 0 saturated carbocycles. The molecule has 0 saturated heterocycles. The zero-order valence-corrected chi connectivity index (χ0v) is 10.4. The predicted octanol–water partition coefficient (Wildman–Crippen LogP) is 2.10.